The lowest BCUT2D eigenvalue weighted by Gasteiger charge is -2.34. The summed E-state index contributed by atoms with van der Waals surface area (Å²) in [6.07, 6.45) is 5.54. The smallest absolute Gasteiger partial charge is 0.328 e. The number of nitrogens with one attached hydrogen (secondary N) is 1. The third-order valence-corrected chi connectivity index (χ3v) is 5.46. The van der Waals surface area contributed by atoms with E-state index in [-0.39, 0.29) is 18.3 Å². The number of nitrogens with zero attached hydrogens (tertiary/aromatic N) is 3. The number of aromatic nitrogens is 3. The van der Waals surface area contributed by atoms with Crippen molar-refractivity contribution >= 4 is 22.8 Å². The monoisotopic (exact) mass is 410 g/mol. The van der Waals surface area contributed by atoms with Gasteiger partial charge in [0.05, 0.1) is 13.0 Å². The van der Waals surface area contributed by atoms with Crippen molar-refractivity contribution < 1.29 is 18.7 Å². The van der Waals surface area contributed by atoms with Crippen LogP contribution >= 0.6 is 0 Å². The van der Waals surface area contributed by atoms with Gasteiger partial charge in [-0.25, -0.2) is 4.79 Å². The van der Waals surface area contributed by atoms with Gasteiger partial charge >= 0.3 is 5.97 Å². The fourth-order valence-corrected chi connectivity index (χ4v) is 3.97. The number of rotatable bonds is 7. The van der Waals surface area contributed by atoms with Crippen LogP contribution in [0.5, 0.6) is 0 Å². The molecule has 1 aliphatic heterocycles. The molecular weight excluding hydrogens is 384 g/mol. The molecule has 0 spiro atoms. The largest absolute Gasteiger partial charge is 0.464 e. The van der Waals surface area contributed by atoms with Crippen LogP contribution in [0.4, 0.5) is 0 Å². The molecule has 8 nitrogen and oxygen atoms in total. The molecule has 4 rings (SSSR count). The van der Waals surface area contributed by atoms with Crippen molar-refractivity contribution in [2.24, 2.45) is 0 Å². The van der Waals surface area contributed by atoms with Crippen molar-refractivity contribution in [2.45, 2.75) is 51.5 Å². The average Bonchev–Trinajstić information content (AvgIpc) is 3.39. The molecular formula is C22H26N4O4. The van der Waals surface area contributed by atoms with Crippen molar-refractivity contribution in [3.8, 4) is 0 Å². The number of hydrogen-bond donors (Lipinski definition) is 1. The van der Waals surface area contributed by atoms with Gasteiger partial charge in [0.2, 0.25) is 17.7 Å². The number of aromatic amines is 1. The van der Waals surface area contributed by atoms with Gasteiger partial charge in [-0.1, -0.05) is 18.2 Å². The van der Waals surface area contributed by atoms with Crippen LogP contribution < -0.4 is 0 Å². The highest BCUT2D eigenvalue weighted by Gasteiger charge is 2.33. The van der Waals surface area contributed by atoms with Crippen LogP contribution in [-0.4, -0.2) is 51.2 Å². The highest BCUT2D eigenvalue weighted by Crippen LogP contribution is 2.22. The van der Waals surface area contributed by atoms with Crippen molar-refractivity contribution in [2.75, 3.05) is 13.2 Å². The van der Waals surface area contributed by atoms with E-state index in [1.165, 1.54) is 0 Å². The first-order valence-electron chi connectivity index (χ1n) is 10.5. The van der Waals surface area contributed by atoms with Gasteiger partial charge in [0.15, 0.2) is 0 Å². The van der Waals surface area contributed by atoms with E-state index >= 15 is 0 Å². The van der Waals surface area contributed by atoms with Crippen LogP contribution in [-0.2, 0) is 27.2 Å². The first-order valence-corrected chi connectivity index (χ1v) is 10.5. The normalized spacial score (nSPS) is 16.7. The molecule has 1 amide bonds. The summed E-state index contributed by atoms with van der Waals surface area (Å²) in [4.78, 5) is 29.8. The standard InChI is InChI=1S/C22H26N4O4/c1-2-29-22(28)18-9-5-6-12-26(18)21(27)11-10-19-24-25-20(30-19)13-15-14-23-17-8-4-3-7-16(15)17/h3-4,7-8,14,18,23H,2,5-6,9-13H2,1H3/t18-/m0/s1. The molecule has 0 aliphatic carbocycles. The first kappa shape index (κ1) is 20.1. The fourth-order valence-electron chi connectivity index (χ4n) is 3.97. The number of likely N-dealkylation sites (tertiary alicyclic amines) is 1. The molecule has 8 heteroatoms. The number of carbonyl (C=O) groups excluding carboxylic acids is 2. The molecule has 0 radical (unpaired) electrons. The summed E-state index contributed by atoms with van der Waals surface area (Å²) in [5.41, 5.74) is 2.15. The zero-order chi connectivity index (χ0) is 20.9. The molecule has 2 aromatic heterocycles. The average molecular weight is 410 g/mol. The van der Waals surface area contributed by atoms with Gasteiger partial charge in [0.25, 0.3) is 0 Å². The van der Waals surface area contributed by atoms with Gasteiger partial charge in [-0.05, 0) is 37.8 Å². The zero-order valence-electron chi connectivity index (χ0n) is 17.1. The Balaban J connectivity index is 1.35. The summed E-state index contributed by atoms with van der Waals surface area (Å²) in [6, 6.07) is 7.57. The molecule has 1 saturated heterocycles. The molecule has 3 aromatic rings. The van der Waals surface area contributed by atoms with E-state index < -0.39 is 6.04 Å². The topological polar surface area (TPSA) is 101 Å². The Hall–Kier alpha value is -3.16. The Morgan fingerprint density at radius 1 is 1.23 bits per heavy atom. The van der Waals surface area contributed by atoms with Gasteiger partial charge in [0.1, 0.15) is 6.04 Å². The van der Waals surface area contributed by atoms with E-state index in [1.807, 2.05) is 24.4 Å². The van der Waals surface area contributed by atoms with Crippen molar-refractivity contribution in [1.82, 2.24) is 20.1 Å². The Bertz CT molecular complexity index is 1030. The van der Waals surface area contributed by atoms with Gasteiger partial charge in [0, 0.05) is 36.5 Å². The fraction of sp³-hybridized carbons (Fsp3) is 0.455. The van der Waals surface area contributed by atoms with E-state index in [1.54, 1.807) is 11.8 Å². The quantitative estimate of drug-likeness (QED) is 0.601. The molecule has 3 heterocycles. The number of fused-ring (bicyclic) bond motifs is 1. The SMILES string of the molecule is CCOC(=O)[C@@H]1CCCCN1C(=O)CCc1nnc(Cc2c[nH]c3ccccc23)o1. The summed E-state index contributed by atoms with van der Waals surface area (Å²) in [5.74, 6) is 0.556. The second-order valence-corrected chi connectivity index (χ2v) is 7.48. The molecule has 0 saturated carbocycles. The minimum atomic E-state index is -0.480. The Morgan fingerprint density at radius 2 is 2.07 bits per heavy atom. The maximum Gasteiger partial charge on any atom is 0.328 e. The van der Waals surface area contributed by atoms with Crippen molar-refractivity contribution in [1.29, 1.82) is 0 Å². The molecule has 0 bridgehead atoms. The Kier molecular flexibility index (Phi) is 6.11. The van der Waals surface area contributed by atoms with E-state index in [2.05, 4.69) is 21.2 Å². The summed E-state index contributed by atoms with van der Waals surface area (Å²) >= 11 is 0. The van der Waals surface area contributed by atoms with Gasteiger partial charge in [-0.15, -0.1) is 10.2 Å². The number of piperidine rings is 1. The first-order chi connectivity index (χ1) is 14.7. The van der Waals surface area contributed by atoms with Gasteiger partial charge < -0.3 is 19.0 Å². The lowest BCUT2D eigenvalue weighted by Crippen LogP contribution is -2.48. The molecule has 30 heavy (non-hydrogen) atoms. The molecule has 158 valence electrons. The Labute approximate surface area is 174 Å². The number of esters is 1. The number of H-pyrrole nitrogens is 1. The van der Waals surface area contributed by atoms with Crippen LogP contribution in [0.2, 0.25) is 0 Å². The number of amides is 1. The predicted octanol–water partition coefficient (Wildman–Crippen LogP) is 3.02. The summed E-state index contributed by atoms with van der Waals surface area (Å²) < 4.78 is 10.9. The molecule has 1 fully saturated rings. The lowest BCUT2D eigenvalue weighted by molar-refractivity contribution is -0.156. The van der Waals surface area contributed by atoms with Crippen LogP contribution in [0, 0.1) is 0 Å². The minimum absolute atomic E-state index is 0.0795. The van der Waals surface area contributed by atoms with Crippen LogP contribution in [0.1, 0.15) is 50.0 Å². The summed E-state index contributed by atoms with van der Waals surface area (Å²) in [6.45, 7) is 2.67. The molecule has 0 unspecified atom stereocenters. The predicted molar refractivity (Wildman–Crippen MR) is 110 cm³/mol. The number of ether oxygens (including phenoxy) is 1. The second-order valence-electron chi connectivity index (χ2n) is 7.48. The van der Waals surface area contributed by atoms with Crippen molar-refractivity contribution in [3.05, 3.63) is 47.8 Å². The van der Waals surface area contributed by atoms with Gasteiger partial charge in [-0.2, -0.15) is 0 Å². The number of carbonyl (C=O) groups is 2. The van der Waals surface area contributed by atoms with Crippen LogP contribution in [0.15, 0.2) is 34.9 Å². The van der Waals surface area contributed by atoms with Crippen LogP contribution in [0.3, 0.4) is 0 Å². The van der Waals surface area contributed by atoms with E-state index in [9.17, 15) is 9.59 Å². The number of benzene rings is 1. The maximum atomic E-state index is 12.7. The highest BCUT2D eigenvalue weighted by molar-refractivity contribution is 5.85. The second kappa shape index (κ2) is 9.11. The van der Waals surface area contributed by atoms with Crippen molar-refractivity contribution in [3.63, 3.8) is 0 Å². The summed E-state index contributed by atoms with van der Waals surface area (Å²) in [5, 5.41) is 9.34. The van der Waals surface area contributed by atoms with E-state index in [0.29, 0.717) is 44.2 Å². The van der Waals surface area contributed by atoms with E-state index in [0.717, 1.165) is 29.3 Å². The Morgan fingerprint density at radius 3 is 2.93 bits per heavy atom. The molecule has 1 aliphatic rings. The van der Waals surface area contributed by atoms with E-state index in [4.69, 9.17) is 9.15 Å². The van der Waals surface area contributed by atoms with Crippen LogP contribution in [0.25, 0.3) is 10.9 Å². The number of aryl methyl sites for hydroxylation is 1. The van der Waals surface area contributed by atoms with Gasteiger partial charge in [-0.3, -0.25) is 4.79 Å². The number of para-hydroxylation sites is 1. The molecule has 1 N–H and O–H groups in total. The lowest BCUT2D eigenvalue weighted by atomic mass is 10.0. The zero-order valence-corrected chi connectivity index (χ0v) is 17.1. The third-order valence-electron chi connectivity index (χ3n) is 5.46. The maximum absolute atomic E-state index is 12.7. The molecule has 1 aromatic carbocycles. The summed E-state index contributed by atoms with van der Waals surface area (Å²) in [7, 11) is 0. The minimum Gasteiger partial charge on any atom is -0.464 e. The molecule has 1 atom stereocenters. The third kappa shape index (κ3) is 4.37. The number of hydrogen-bond acceptors (Lipinski definition) is 6. The highest BCUT2D eigenvalue weighted by atomic mass is 16.5.